The van der Waals surface area contributed by atoms with Gasteiger partial charge < -0.3 is 0 Å². The first kappa shape index (κ1) is 8.77. The van der Waals surface area contributed by atoms with Crippen LogP contribution in [0.1, 0.15) is 6.92 Å². The maximum absolute atomic E-state index is 11.9. The summed E-state index contributed by atoms with van der Waals surface area (Å²) in [5, 5.41) is -1.77. The fourth-order valence-corrected chi connectivity index (χ4v) is 0.468. The molecule has 56 valence electrons. The van der Waals surface area contributed by atoms with E-state index in [2.05, 4.69) is 0 Å². The third-order valence-electron chi connectivity index (χ3n) is 0.825. The quantitative estimate of drug-likeness (QED) is 0.359. The van der Waals surface area contributed by atoms with Crippen LogP contribution in [0.25, 0.3) is 0 Å². The Kier molecular flexibility index (Phi) is 3.64. The lowest BCUT2D eigenvalue weighted by molar-refractivity contribution is -0.0247. The lowest BCUT2D eigenvalue weighted by Crippen LogP contribution is -2.25. The lowest BCUT2D eigenvalue weighted by Gasteiger charge is -2.08. The Labute approximate surface area is 53.2 Å². The first-order valence-corrected chi connectivity index (χ1v) is 3.46. The van der Waals surface area contributed by atoms with E-state index >= 15 is 0 Å². The Morgan fingerprint density at radius 1 is 1.67 bits per heavy atom. The van der Waals surface area contributed by atoms with Crippen molar-refractivity contribution in [3.8, 4) is 0 Å². The molecule has 0 radical (unpaired) electrons. The minimum atomic E-state index is -2.90. The van der Waals surface area contributed by atoms with E-state index in [9.17, 15) is 17.3 Å². The van der Waals surface area contributed by atoms with E-state index in [4.69, 9.17) is 0 Å². The molecule has 0 saturated carbocycles. The fourth-order valence-electron chi connectivity index (χ4n) is 0.202. The molecule has 0 fully saturated rings. The third-order valence-corrected chi connectivity index (χ3v) is 1.69. The molecule has 1 unspecified atom stereocenters. The zero-order valence-corrected chi connectivity index (χ0v) is 5.65. The van der Waals surface area contributed by atoms with E-state index in [1.807, 2.05) is 0 Å². The smallest absolute Gasteiger partial charge is 0.171 e. The average molecular weight is 159 g/mol. The van der Waals surface area contributed by atoms with Gasteiger partial charge in [0.25, 0.3) is 0 Å². The normalized spacial score (nSPS) is 14.8. The van der Waals surface area contributed by atoms with Crippen molar-refractivity contribution in [1.29, 1.82) is 0 Å². The van der Waals surface area contributed by atoms with Crippen LogP contribution in [0.2, 0.25) is 0 Å². The summed E-state index contributed by atoms with van der Waals surface area (Å²) in [4.78, 5) is 0. The second kappa shape index (κ2) is 3.73. The van der Waals surface area contributed by atoms with Gasteiger partial charge in [0.15, 0.2) is 17.5 Å². The number of thiol groups is 1. The maximum Gasteiger partial charge on any atom is 0.171 e. The molecule has 0 aliphatic heterocycles. The van der Waals surface area contributed by atoms with E-state index in [0.29, 0.717) is 0 Å². The van der Waals surface area contributed by atoms with Gasteiger partial charge in [0.2, 0.25) is 0 Å². The minimum Gasteiger partial charge on any atom is -0.231 e. The van der Waals surface area contributed by atoms with Gasteiger partial charge in [0.05, 0.1) is 0 Å². The van der Waals surface area contributed by atoms with Gasteiger partial charge in [-0.3, -0.25) is 0 Å². The minimum absolute atomic E-state index is 0.397. The highest BCUT2D eigenvalue weighted by atomic mass is 32.2. The summed E-state index contributed by atoms with van der Waals surface area (Å²) in [6.07, 6.45) is 0. The maximum atomic E-state index is 11.9. The zero-order valence-electron chi connectivity index (χ0n) is 4.75. The van der Waals surface area contributed by atoms with Crippen LogP contribution in [-0.2, 0) is 10.7 Å². The van der Waals surface area contributed by atoms with Crippen LogP contribution in [0.4, 0.5) is 8.87 Å². The van der Waals surface area contributed by atoms with Crippen molar-refractivity contribution >= 4 is 10.7 Å². The van der Waals surface area contributed by atoms with Crippen molar-refractivity contribution in [2.75, 3.05) is 6.80 Å². The Hall–Kier alpha value is -0.230. The molecule has 0 bridgehead atoms. The summed E-state index contributed by atoms with van der Waals surface area (Å²) in [6.45, 7) is -0.338. The molecular formula is C3H7F2NO2S. The topological polar surface area (TPSA) is 37.4 Å². The Bertz CT molecular complexity index is 141. The van der Waals surface area contributed by atoms with Gasteiger partial charge >= 0.3 is 0 Å². The fraction of sp³-hybridized carbons (Fsp3) is 1.00. The van der Waals surface area contributed by atoms with Crippen molar-refractivity contribution in [3.05, 3.63) is 0 Å². The molecule has 0 aromatic rings. The highest BCUT2D eigenvalue weighted by Gasteiger charge is 2.13. The average Bonchev–Trinajstić information content (AvgIpc) is 1.84. The van der Waals surface area contributed by atoms with Crippen LogP contribution in [0.3, 0.4) is 0 Å². The van der Waals surface area contributed by atoms with Crippen molar-refractivity contribution in [2.24, 2.45) is 0 Å². The zero-order chi connectivity index (χ0) is 7.44. The monoisotopic (exact) mass is 159 g/mol. The van der Waals surface area contributed by atoms with E-state index in [0.717, 1.165) is 6.92 Å². The van der Waals surface area contributed by atoms with Gasteiger partial charge in [-0.1, -0.05) is 5.12 Å². The van der Waals surface area contributed by atoms with E-state index in [-0.39, 0.29) is 0 Å². The van der Waals surface area contributed by atoms with Crippen molar-refractivity contribution in [3.63, 3.8) is 0 Å². The Balaban J connectivity index is 3.87. The largest absolute Gasteiger partial charge is 0.231 e. The molecule has 9 heavy (non-hydrogen) atoms. The summed E-state index contributed by atoms with van der Waals surface area (Å²) in [6, 6.07) is 0. The molecule has 0 spiro atoms. The lowest BCUT2D eigenvalue weighted by atomic mass is 10.7. The molecule has 0 aliphatic carbocycles. The van der Waals surface area contributed by atoms with Gasteiger partial charge in [-0.25, -0.2) is 12.8 Å². The second-order valence-electron chi connectivity index (χ2n) is 1.44. The van der Waals surface area contributed by atoms with Crippen LogP contribution in [0, 0.1) is 0 Å². The predicted octanol–water partition coefficient (Wildman–Crippen LogP) is 0.0573. The van der Waals surface area contributed by atoms with Crippen LogP contribution in [0.15, 0.2) is 0 Å². The molecule has 0 saturated heterocycles. The van der Waals surface area contributed by atoms with Crippen molar-refractivity contribution in [2.45, 2.75) is 12.3 Å². The summed E-state index contributed by atoms with van der Waals surface area (Å²) < 4.78 is 42.9. The number of halogens is 2. The molecule has 0 heterocycles. The van der Waals surface area contributed by atoms with Crippen LogP contribution < -0.4 is 0 Å². The summed E-state index contributed by atoms with van der Waals surface area (Å²) in [5.41, 5.74) is 0. The Morgan fingerprint density at radius 2 is 2.11 bits per heavy atom. The second-order valence-corrected chi connectivity index (χ2v) is 2.75. The molecule has 0 amide bonds. The van der Waals surface area contributed by atoms with Crippen LogP contribution >= 0.6 is 0 Å². The van der Waals surface area contributed by atoms with Crippen LogP contribution in [0.5, 0.6) is 0 Å². The molecule has 0 N–H and O–H groups in total. The van der Waals surface area contributed by atoms with Gasteiger partial charge in [-0.2, -0.15) is 0 Å². The first-order valence-electron chi connectivity index (χ1n) is 2.21. The number of nitrogens with zero attached hydrogens (tertiary/aromatic N) is 1. The molecule has 6 heteroatoms. The Morgan fingerprint density at radius 3 is 2.22 bits per heavy atom. The molecule has 1 atom stereocenters. The number of rotatable bonds is 3. The van der Waals surface area contributed by atoms with Gasteiger partial charge in [-0.05, 0) is 6.92 Å². The molecule has 0 aromatic heterocycles. The summed E-state index contributed by atoms with van der Waals surface area (Å²) in [7, 11) is -2.90. The first-order chi connectivity index (χ1) is 4.09. The molecule has 0 aromatic carbocycles. The predicted molar refractivity (Wildman–Crippen MR) is 28.7 cm³/mol. The van der Waals surface area contributed by atoms with Gasteiger partial charge in [-0.15, -0.1) is 4.48 Å². The van der Waals surface area contributed by atoms with Crippen molar-refractivity contribution in [1.82, 2.24) is 5.12 Å². The third kappa shape index (κ3) is 2.71. The van der Waals surface area contributed by atoms with Gasteiger partial charge in [0.1, 0.15) is 5.37 Å². The van der Waals surface area contributed by atoms with Crippen molar-refractivity contribution < 1.29 is 17.3 Å². The summed E-state index contributed by atoms with van der Waals surface area (Å²) >= 11 is 0. The van der Waals surface area contributed by atoms with E-state index < -0.39 is 28.0 Å². The molecule has 0 aliphatic rings. The molecule has 0 rings (SSSR count). The van der Waals surface area contributed by atoms with Gasteiger partial charge in [0, 0.05) is 0 Å². The number of hydrogen-bond acceptors (Lipinski definition) is 3. The standard InChI is InChI=1S/C3H7F2NO2S/c1-3(9(7)8)6(5)2-4/h3,9H,2H2,1H3. The van der Waals surface area contributed by atoms with Crippen LogP contribution in [-0.4, -0.2) is 25.7 Å². The SMILES string of the molecule is CC(N(F)CF)[SH](=O)=O. The molecule has 3 nitrogen and oxygen atoms in total. The number of hydrogen-bond donors (Lipinski definition) is 1. The highest BCUT2D eigenvalue weighted by molar-refractivity contribution is 7.73. The summed E-state index contributed by atoms with van der Waals surface area (Å²) in [5.74, 6) is 0. The van der Waals surface area contributed by atoms with E-state index in [1.165, 1.54) is 0 Å². The van der Waals surface area contributed by atoms with E-state index in [1.54, 1.807) is 0 Å². The molecular weight excluding hydrogens is 152 g/mol. The highest BCUT2D eigenvalue weighted by Crippen LogP contribution is 1.98. The number of alkyl halides is 1.